The Morgan fingerprint density at radius 2 is 2.31 bits per heavy atom. The van der Waals surface area contributed by atoms with Crippen LogP contribution in [0.3, 0.4) is 0 Å². The van der Waals surface area contributed by atoms with Crippen molar-refractivity contribution in [3.63, 3.8) is 0 Å². The molecule has 0 saturated carbocycles. The summed E-state index contributed by atoms with van der Waals surface area (Å²) >= 11 is 5.86. The van der Waals surface area contributed by atoms with Crippen molar-refractivity contribution in [1.29, 1.82) is 0 Å². The number of fused-ring (bicyclic) bond motifs is 1. The van der Waals surface area contributed by atoms with Crippen molar-refractivity contribution in [3.8, 4) is 0 Å². The number of halogens is 1. The zero-order valence-corrected chi connectivity index (χ0v) is 8.25. The first-order chi connectivity index (χ1) is 6.29. The van der Waals surface area contributed by atoms with Gasteiger partial charge in [-0.15, -0.1) is 0 Å². The SMILES string of the molecule is CCCn1cc2ccc(Cl)cc2n1. The van der Waals surface area contributed by atoms with E-state index in [9.17, 15) is 0 Å². The number of benzene rings is 1. The molecule has 1 heterocycles. The molecule has 68 valence electrons. The van der Waals surface area contributed by atoms with Gasteiger partial charge in [0.1, 0.15) is 0 Å². The van der Waals surface area contributed by atoms with Gasteiger partial charge in [0.15, 0.2) is 0 Å². The van der Waals surface area contributed by atoms with Crippen LogP contribution >= 0.6 is 11.6 Å². The summed E-state index contributed by atoms with van der Waals surface area (Å²) in [6.07, 6.45) is 3.15. The first-order valence-corrected chi connectivity index (χ1v) is 4.80. The average molecular weight is 195 g/mol. The lowest BCUT2D eigenvalue weighted by Gasteiger charge is -1.93. The van der Waals surface area contributed by atoms with E-state index in [1.54, 1.807) is 0 Å². The third-order valence-electron chi connectivity index (χ3n) is 1.97. The molecule has 3 heteroatoms. The zero-order valence-electron chi connectivity index (χ0n) is 7.50. The van der Waals surface area contributed by atoms with Gasteiger partial charge in [0.25, 0.3) is 0 Å². The molecular weight excluding hydrogens is 184 g/mol. The van der Waals surface area contributed by atoms with Crippen LogP contribution in [-0.4, -0.2) is 9.78 Å². The maximum atomic E-state index is 5.86. The number of aryl methyl sites for hydroxylation is 1. The quantitative estimate of drug-likeness (QED) is 0.719. The van der Waals surface area contributed by atoms with E-state index in [1.165, 1.54) is 0 Å². The van der Waals surface area contributed by atoms with Crippen molar-refractivity contribution in [2.45, 2.75) is 19.9 Å². The van der Waals surface area contributed by atoms with Gasteiger partial charge in [-0.2, -0.15) is 5.10 Å². The Morgan fingerprint density at radius 3 is 3.08 bits per heavy atom. The Hall–Kier alpha value is -1.02. The van der Waals surface area contributed by atoms with Crippen LogP contribution in [0.2, 0.25) is 5.02 Å². The third-order valence-corrected chi connectivity index (χ3v) is 2.20. The fraction of sp³-hybridized carbons (Fsp3) is 0.300. The summed E-state index contributed by atoms with van der Waals surface area (Å²) in [6, 6.07) is 5.78. The second-order valence-electron chi connectivity index (χ2n) is 3.10. The Balaban J connectivity index is 2.49. The van der Waals surface area contributed by atoms with Crippen LogP contribution in [0, 0.1) is 0 Å². The van der Waals surface area contributed by atoms with Gasteiger partial charge in [-0.3, -0.25) is 4.68 Å². The van der Waals surface area contributed by atoms with Crippen LogP contribution in [-0.2, 0) is 6.54 Å². The van der Waals surface area contributed by atoms with E-state index >= 15 is 0 Å². The fourth-order valence-electron chi connectivity index (χ4n) is 1.38. The molecule has 0 unspecified atom stereocenters. The molecule has 2 rings (SSSR count). The van der Waals surface area contributed by atoms with E-state index < -0.39 is 0 Å². The normalized spacial score (nSPS) is 10.9. The summed E-state index contributed by atoms with van der Waals surface area (Å²) in [5.74, 6) is 0. The van der Waals surface area contributed by atoms with Crippen LogP contribution in [0.5, 0.6) is 0 Å². The predicted molar refractivity (Wildman–Crippen MR) is 55.0 cm³/mol. The summed E-state index contributed by atoms with van der Waals surface area (Å²) in [5.41, 5.74) is 0.973. The van der Waals surface area contributed by atoms with E-state index in [2.05, 4.69) is 18.2 Å². The van der Waals surface area contributed by atoms with Gasteiger partial charge in [-0.05, 0) is 24.6 Å². The van der Waals surface area contributed by atoms with Gasteiger partial charge in [0.05, 0.1) is 5.52 Å². The van der Waals surface area contributed by atoms with E-state index in [0.29, 0.717) is 0 Å². The van der Waals surface area contributed by atoms with E-state index in [-0.39, 0.29) is 0 Å². The molecule has 0 N–H and O–H groups in total. The van der Waals surface area contributed by atoms with Crippen molar-refractivity contribution in [1.82, 2.24) is 9.78 Å². The van der Waals surface area contributed by atoms with Gasteiger partial charge in [-0.25, -0.2) is 0 Å². The minimum Gasteiger partial charge on any atom is -0.272 e. The minimum absolute atomic E-state index is 0.745. The highest BCUT2D eigenvalue weighted by atomic mass is 35.5. The maximum absolute atomic E-state index is 5.86. The van der Waals surface area contributed by atoms with Gasteiger partial charge in [0.2, 0.25) is 0 Å². The van der Waals surface area contributed by atoms with Crippen molar-refractivity contribution < 1.29 is 0 Å². The molecule has 0 aliphatic carbocycles. The Bertz CT molecular complexity index is 420. The monoisotopic (exact) mass is 194 g/mol. The Labute approximate surface area is 82.1 Å². The number of aromatic nitrogens is 2. The molecular formula is C10H11ClN2. The van der Waals surface area contributed by atoms with Gasteiger partial charge in [0, 0.05) is 23.2 Å². The second kappa shape index (κ2) is 3.38. The van der Waals surface area contributed by atoms with E-state index in [0.717, 1.165) is 28.9 Å². The molecule has 0 bridgehead atoms. The van der Waals surface area contributed by atoms with Gasteiger partial charge in [-0.1, -0.05) is 18.5 Å². The lowest BCUT2D eigenvalue weighted by molar-refractivity contribution is 0.609. The first kappa shape index (κ1) is 8.57. The number of hydrogen-bond donors (Lipinski definition) is 0. The summed E-state index contributed by atoms with van der Waals surface area (Å²) in [5, 5.41) is 6.29. The van der Waals surface area contributed by atoms with Crippen molar-refractivity contribution in [2.24, 2.45) is 0 Å². The predicted octanol–water partition coefficient (Wildman–Crippen LogP) is 3.10. The standard InChI is InChI=1S/C10H11ClN2/c1-2-5-13-7-8-3-4-9(11)6-10(8)12-13/h3-4,6-7H,2,5H2,1H3. The summed E-state index contributed by atoms with van der Waals surface area (Å²) in [6.45, 7) is 3.10. The summed E-state index contributed by atoms with van der Waals surface area (Å²) in [4.78, 5) is 0. The smallest absolute Gasteiger partial charge is 0.0938 e. The van der Waals surface area contributed by atoms with Crippen LogP contribution in [0.25, 0.3) is 10.9 Å². The van der Waals surface area contributed by atoms with Crippen molar-refractivity contribution >= 4 is 22.5 Å². The van der Waals surface area contributed by atoms with Crippen LogP contribution < -0.4 is 0 Å². The Kier molecular flexibility index (Phi) is 2.23. The highest BCUT2D eigenvalue weighted by Gasteiger charge is 1.99. The number of nitrogens with zero attached hydrogens (tertiary/aromatic N) is 2. The van der Waals surface area contributed by atoms with E-state index in [1.807, 2.05) is 22.9 Å². The molecule has 0 atom stereocenters. The number of hydrogen-bond acceptors (Lipinski definition) is 1. The van der Waals surface area contributed by atoms with Crippen LogP contribution in [0.4, 0.5) is 0 Å². The minimum atomic E-state index is 0.745. The molecule has 1 aromatic heterocycles. The summed E-state index contributed by atoms with van der Waals surface area (Å²) in [7, 11) is 0. The van der Waals surface area contributed by atoms with Gasteiger partial charge >= 0.3 is 0 Å². The lowest BCUT2D eigenvalue weighted by Crippen LogP contribution is -1.95. The average Bonchev–Trinajstić information content (AvgIpc) is 2.46. The fourth-order valence-corrected chi connectivity index (χ4v) is 1.55. The topological polar surface area (TPSA) is 17.8 Å². The highest BCUT2D eigenvalue weighted by Crippen LogP contribution is 2.17. The third kappa shape index (κ3) is 1.68. The lowest BCUT2D eigenvalue weighted by atomic mass is 10.3. The molecule has 2 nitrogen and oxygen atoms in total. The molecule has 0 aliphatic rings. The Morgan fingerprint density at radius 1 is 1.46 bits per heavy atom. The first-order valence-electron chi connectivity index (χ1n) is 4.42. The molecule has 13 heavy (non-hydrogen) atoms. The van der Waals surface area contributed by atoms with Crippen LogP contribution in [0.15, 0.2) is 24.4 Å². The molecule has 0 saturated heterocycles. The molecule has 0 fully saturated rings. The van der Waals surface area contributed by atoms with Crippen molar-refractivity contribution in [2.75, 3.05) is 0 Å². The molecule has 0 amide bonds. The zero-order chi connectivity index (χ0) is 9.26. The van der Waals surface area contributed by atoms with Crippen molar-refractivity contribution in [3.05, 3.63) is 29.4 Å². The van der Waals surface area contributed by atoms with Gasteiger partial charge < -0.3 is 0 Å². The number of rotatable bonds is 2. The molecule has 0 radical (unpaired) electrons. The molecule has 0 spiro atoms. The molecule has 1 aromatic carbocycles. The second-order valence-corrected chi connectivity index (χ2v) is 3.53. The molecule has 0 aliphatic heterocycles. The van der Waals surface area contributed by atoms with Crippen LogP contribution in [0.1, 0.15) is 13.3 Å². The molecule has 2 aromatic rings. The maximum Gasteiger partial charge on any atom is 0.0938 e. The van der Waals surface area contributed by atoms with E-state index in [4.69, 9.17) is 11.6 Å². The summed E-state index contributed by atoms with van der Waals surface area (Å²) < 4.78 is 1.96. The largest absolute Gasteiger partial charge is 0.272 e. The highest BCUT2D eigenvalue weighted by molar-refractivity contribution is 6.31.